The zero-order valence-electron chi connectivity index (χ0n) is 26.7. The Hall–Kier alpha value is -5.60. The van der Waals surface area contributed by atoms with Crippen molar-refractivity contribution in [3.63, 3.8) is 0 Å². The molecule has 2 heterocycles. The number of fused-ring (bicyclic) bond motifs is 8. The number of hydrogen-bond donors (Lipinski definition) is 0. The molecule has 0 atom stereocenters. The summed E-state index contributed by atoms with van der Waals surface area (Å²) in [6, 6.07) is 49.5. The van der Waals surface area contributed by atoms with Crippen LogP contribution in [0.1, 0.15) is 32.3 Å². The summed E-state index contributed by atoms with van der Waals surface area (Å²) >= 11 is 0. The molecule has 2 nitrogen and oxygen atoms in total. The topological polar surface area (TPSA) is 8.17 Å². The molecule has 0 bridgehead atoms. The standard InChI is InChI=1S/C45H34N2/c1-45(2)38-21-9-10-23-42(38)47-41-26-25-31(28-37(41)36-20-12-22-39(45)44(36)47)46(40-24-11-15-29-13-3-6-17-33(29)40)43-27-30-14-4-5-16-32(30)34-18-7-8-19-35(34)43/h3-8,10-20,22-28H,9,21H2,1-2H3. The molecule has 224 valence electrons. The first kappa shape index (κ1) is 26.6. The zero-order chi connectivity index (χ0) is 31.3. The molecule has 7 aromatic carbocycles. The number of benzene rings is 7. The van der Waals surface area contributed by atoms with Gasteiger partial charge in [0.05, 0.1) is 22.4 Å². The van der Waals surface area contributed by atoms with Crippen LogP contribution in [0.2, 0.25) is 0 Å². The van der Waals surface area contributed by atoms with E-state index in [0.717, 1.165) is 18.5 Å². The van der Waals surface area contributed by atoms with E-state index in [0.29, 0.717) is 0 Å². The lowest BCUT2D eigenvalue weighted by molar-refractivity contribution is 0.585. The number of aromatic nitrogens is 1. The average Bonchev–Trinajstić information content (AvgIpc) is 3.45. The molecule has 0 radical (unpaired) electrons. The minimum absolute atomic E-state index is 0.00813. The van der Waals surface area contributed by atoms with Crippen molar-refractivity contribution in [2.45, 2.75) is 32.1 Å². The number of anilines is 3. The van der Waals surface area contributed by atoms with Crippen molar-refractivity contribution in [1.82, 2.24) is 4.57 Å². The third-order valence-electron chi connectivity index (χ3n) is 10.8. The van der Waals surface area contributed by atoms with Crippen LogP contribution in [0.15, 0.2) is 151 Å². The highest BCUT2D eigenvalue weighted by Gasteiger charge is 2.36. The molecule has 8 aromatic rings. The molecule has 0 spiro atoms. The molecule has 2 heteroatoms. The van der Waals surface area contributed by atoms with Gasteiger partial charge in [-0.15, -0.1) is 0 Å². The molecule has 0 fully saturated rings. The lowest BCUT2D eigenvalue weighted by atomic mass is 9.71. The van der Waals surface area contributed by atoms with Crippen LogP contribution in [0.3, 0.4) is 0 Å². The van der Waals surface area contributed by atoms with Gasteiger partial charge in [0, 0.05) is 38.3 Å². The minimum atomic E-state index is -0.00813. The summed E-state index contributed by atoms with van der Waals surface area (Å²) < 4.78 is 2.55. The summed E-state index contributed by atoms with van der Waals surface area (Å²) in [7, 11) is 0. The lowest BCUT2D eigenvalue weighted by Gasteiger charge is -2.37. The second-order valence-electron chi connectivity index (χ2n) is 13.7. The zero-order valence-corrected chi connectivity index (χ0v) is 26.7. The van der Waals surface area contributed by atoms with Gasteiger partial charge in [0.2, 0.25) is 0 Å². The van der Waals surface area contributed by atoms with Crippen molar-refractivity contribution in [2.24, 2.45) is 0 Å². The van der Waals surface area contributed by atoms with Crippen LogP contribution in [0.4, 0.5) is 17.1 Å². The molecule has 1 aromatic heterocycles. The summed E-state index contributed by atoms with van der Waals surface area (Å²) in [6.45, 7) is 4.83. The summed E-state index contributed by atoms with van der Waals surface area (Å²) in [4.78, 5) is 2.50. The molecule has 0 saturated heterocycles. The summed E-state index contributed by atoms with van der Waals surface area (Å²) in [6.07, 6.45) is 6.93. The van der Waals surface area contributed by atoms with Crippen LogP contribution in [-0.2, 0) is 5.41 Å². The van der Waals surface area contributed by atoms with E-state index in [1.165, 1.54) is 76.8 Å². The highest BCUT2D eigenvalue weighted by atomic mass is 15.1. The highest BCUT2D eigenvalue weighted by molar-refractivity contribution is 6.17. The van der Waals surface area contributed by atoms with E-state index >= 15 is 0 Å². The Bertz CT molecular complexity index is 2660. The smallest absolute Gasteiger partial charge is 0.0581 e. The summed E-state index contributed by atoms with van der Waals surface area (Å²) in [5.41, 5.74) is 10.5. The molecule has 0 saturated carbocycles. The number of hydrogen-bond acceptors (Lipinski definition) is 1. The Kier molecular flexibility index (Phi) is 5.49. The van der Waals surface area contributed by atoms with Gasteiger partial charge >= 0.3 is 0 Å². The van der Waals surface area contributed by atoms with Gasteiger partial charge in [0.1, 0.15) is 0 Å². The largest absolute Gasteiger partial charge is 0.309 e. The van der Waals surface area contributed by atoms with Crippen molar-refractivity contribution in [3.8, 4) is 0 Å². The van der Waals surface area contributed by atoms with Gasteiger partial charge in [-0.3, -0.25) is 0 Å². The first-order valence-corrected chi connectivity index (χ1v) is 16.8. The third-order valence-corrected chi connectivity index (χ3v) is 10.8. The quantitative estimate of drug-likeness (QED) is 0.183. The molecule has 10 rings (SSSR count). The Labute approximate surface area is 274 Å². The minimum Gasteiger partial charge on any atom is -0.309 e. The Morgan fingerprint density at radius 1 is 0.574 bits per heavy atom. The first-order chi connectivity index (χ1) is 23.1. The maximum atomic E-state index is 2.55. The van der Waals surface area contributed by atoms with E-state index in [9.17, 15) is 0 Å². The SMILES string of the molecule is CC1(C)C2=C(C=CCC2)n2c3ccc(N(c4cccc5ccccc45)c4cc5ccccc5c5ccccc45)cc3c3cccc1c32. The van der Waals surface area contributed by atoms with Crippen molar-refractivity contribution in [2.75, 3.05) is 4.90 Å². The molecule has 1 aliphatic heterocycles. The van der Waals surface area contributed by atoms with E-state index in [-0.39, 0.29) is 5.41 Å². The van der Waals surface area contributed by atoms with Crippen molar-refractivity contribution >= 4 is 76.9 Å². The molecule has 0 unspecified atom stereocenters. The molecule has 47 heavy (non-hydrogen) atoms. The van der Waals surface area contributed by atoms with Gasteiger partial charge in [-0.2, -0.15) is 0 Å². The fourth-order valence-corrected chi connectivity index (χ4v) is 8.64. The molecule has 1 aliphatic carbocycles. The highest BCUT2D eigenvalue weighted by Crippen LogP contribution is 2.51. The van der Waals surface area contributed by atoms with Gasteiger partial charge in [-0.25, -0.2) is 0 Å². The monoisotopic (exact) mass is 602 g/mol. The molecule has 2 aliphatic rings. The van der Waals surface area contributed by atoms with Crippen LogP contribution >= 0.6 is 0 Å². The van der Waals surface area contributed by atoms with Crippen molar-refractivity contribution in [3.05, 3.63) is 157 Å². The predicted octanol–water partition coefficient (Wildman–Crippen LogP) is 12.6. The van der Waals surface area contributed by atoms with E-state index in [4.69, 9.17) is 0 Å². The van der Waals surface area contributed by atoms with Gasteiger partial charge in [-0.05, 0) is 81.9 Å². The second-order valence-corrected chi connectivity index (χ2v) is 13.7. The average molecular weight is 603 g/mol. The van der Waals surface area contributed by atoms with Gasteiger partial charge in [0.15, 0.2) is 0 Å². The second kappa shape index (κ2) is 9.70. The van der Waals surface area contributed by atoms with Crippen LogP contribution in [0.25, 0.3) is 59.8 Å². The maximum Gasteiger partial charge on any atom is 0.0581 e. The van der Waals surface area contributed by atoms with Crippen molar-refractivity contribution in [1.29, 1.82) is 0 Å². The number of para-hydroxylation sites is 1. The third kappa shape index (κ3) is 3.67. The number of nitrogens with zero attached hydrogens (tertiary/aromatic N) is 2. The van der Waals surface area contributed by atoms with Crippen LogP contribution < -0.4 is 4.90 Å². The Morgan fingerprint density at radius 2 is 1.28 bits per heavy atom. The maximum absolute atomic E-state index is 2.55. The summed E-state index contributed by atoms with van der Waals surface area (Å²) in [5, 5.41) is 10.1. The van der Waals surface area contributed by atoms with E-state index in [2.05, 4.69) is 169 Å². The van der Waals surface area contributed by atoms with Crippen molar-refractivity contribution < 1.29 is 0 Å². The van der Waals surface area contributed by atoms with Gasteiger partial charge < -0.3 is 9.47 Å². The summed E-state index contributed by atoms with van der Waals surface area (Å²) in [5.74, 6) is 0. The van der Waals surface area contributed by atoms with E-state index in [1.807, 2.05) is 0 Å². The predicted molar refractivity (Wildman–Crippen MR) is 201 cm³/mol. The molecule has 0 N–H and O–H groups in total. The fourth-order valence-electron chi connectivity index (χ4n) is 8.64. The Balaban J connectivity index is 1.32. The van der Waals surface area contributed by atoms with Gasteiger partial charge in [-0.1, -0.05) is 123 Å². The normalized spacial score (nSPS) is 15.3. The van der Waals surface area contributed by atoms with Crippen LogP contribution in [0.5, 0.6) is 0 Å². The van der Waals surface area contributed by atoms with E-state index < -0.39 is 0 Å². The molecular formula is C45H34N2. The molecular weight excluding hydrogens is 569 g/mol. The number of rotatable bonds is 3. The van der Waals surface area contributed by atoms with Crippen LogP contribution in [0, 0.1) is 0 Å². The van der Waals surface area contributed by atoms with E-state index in [1.54, 1.807) is 5.57 Å². The number of allylic oxidation sites excluding steroid dienone is 4. The van der Waals surface area contributed by atoms with Crippen LogP contribution in [-0.4, -0.2) is 4.57 Å². The molecule has 0 amide bonds. The lowest BCUT2D eigenvalue weighted by Crippen LogP contribution is -2.28. The fraction of sp³-hybridized carbons (Fsp3) is 0.111. The first-order valence-electron chi connectivity index (χ1n) is 16.8. The van der Waals surface area contributed by atoms with Gasteiger partial charge in [0.25, 0.3) is 0 Å². The Morgan fingerprint density at radius 3 is 2.15 bits per heavy atom.